The van der Waals surface area contributed by atoms with Crippen LogP contribution in [0.25, 0.3) is 0 Å². The molecule has 0 amide bonds. The zero-order chi connectivity index (χ0) is 10.9. The first-order chi connectivity index (χ1) is 7.07. The number of rotatable bonds is 2. The Morgan fingerprint density at radius 3 is 2.80 bits per heavy atom. The Labute approximate surface area is 91.5 Å². The first-order valence-corrected chi connectivity index (χ1v) is 5.65. The van der Waals surface area contributed by atoms with E-state index in [-0.39, 0.29) is 5.41 Å². The largest absolute Gasteiger partial charge is 0.300 e. The van der Waals surface area contributed by atoms with E-state index in [0.717, 1.165) is 25.7 Å². The van der Waals surface area contributed by atoms with E-state index >= 15 is 0 Å². The first kappa shape index (κ1) is 10.4. The van der Waals surface area contributed by atoms with Crippen LogP contribution in [0.4, 0.5) is 0 Å². The Bertz CT molecular complexity index is 381. The Morgan fingerprint density at radius 2 is 2.20 bits per heavy atom. The summed E-state index contributed by atoms with van der Waals surface area (Å²) in [7, 11) is 0. The van der Waals surface area contributed by atoms with Gasteiger partial charge in [0.25, 0.3) is 0 Å². The number of aryl methyl sites for hydroxylation is 1. The molecule has 0 radical (unpaired) electrons. The predicted octanol–water partition coefficient (Wildman–Crippen LogP) is 3.30. The maximum absolute atomic E-state index is 11.3. The van der Waals surface area contributed by atoms with E-state index in [2.05, 4.69) is 38.1 Å². The first-order valence-electron chi connectivity index (χ1n) is 5.65. The Hall–Kier alpha value is -1.11. The smallest absolute Gasteiger partial charge is 0.133 e. The van der Waals surface area contributed by atoms with Gasteiger partial charge >= 0.3 is 0 Å². The standard InChI is InChI=1S/C14H18O/c1-11-4-3-5-12(8-11)9-14(2)7-6-13(15)10-14/h3-5,8H,6-7,9-10H2,1-2H3. The molecule has 0 aliphatic heterocycles. The summed E-state index contributed by atoms with van der Waals surface area (Å²) in [6.07, 6.45) is 3.64. The number of hydrogen-bond acceptors (Lipinski definition) is 1. The molecule has 0 spiro atoms. The highest BCUT2D eigenvalue weighted by Crippen LogP contribution is 2.38. The van der Waals surface area contributed by atoms with Crippen LogP contribution in [0.1, 0.15) is 37.3 Å². The van der Waals surface area contributed by atoms with Crippen molar-refractivity contribution in [3.05, 3.63) is 35.4 Å². The van der Waals surface area contributed by atoms with Gasteiger partial charge in [-0.25, -0.2) is 0 Å². The van der Waals surface area contributed by atoms with Crippen molar-refractivity contribution in [1.82, 2.24) is 0 Å². The average Bonchev–Trinajstić information content (AvgIpc) is 2.45. The van der Waals surface area contributed by atoms with Gasteiger partial charge in [0.15, 0.2) is 0 Å². The van der Waals surface area contributed by atoms with Crippen molar-refractivity contribution in [3.8, 4) is 0 Å². The third kappa shape index (κ3) is 2.47. The lowest BCUT2D eigenvalue weighted by molar-refractivity contribution is -0.117. The molecular formula is C14H18O. The van der Waals surface area contributed by atoms with Crippen LogP contribution in [-0.2, 0) is 11.2 Å². The van der Waals surface area contributed by atoms with Gasteiger partial charge in [0, 0.05) is 12.8 Å². The molecule has 1 saturated carbocycles. The summed E-state index contributed by atoms with van der Waals surface area (Å²) in [5.41, 5.74) is 2.89. The molecule has 1 aromatic carbocycles. The summed E-state index contributed by atoms with van der Waals surface area (Å²) in [5.74, 6) is 0.435. The molecule has 1 aromatic rings. The minimum Gasteiger partial charge on any atom is -0.300 e. The van der Waals surface area contributed by atoms with E-state index < -0.39 is 0 Å². The fourth-order valence-electron chi connectivity index (χ4n) is 2.56. The van der Waals surface area contributed by atoms with E-state index in [4.69, 9.17) is 0 Å². The van der Waals surface area contributed by atoms with Crippen LogP contribution in [0.15, 0.2) is 24.3 Å². The van der Waals surface area contributed by atoms with Crippen LogP contribution in [-0.4, -0.2) is 5.78 Å². The lowest BCUT2D eigenvalue weighted by Crippen LogP contribution is -2.15. The number of ketones is 1. The Kier molecular flexibility index (Phi) is 2.64. The monoisotopic (exact) mass is 202 g/mol. The maximum atomic E-state index is 11.3. The van der Waals surface area contributed by atoms with Crippen LogP contribution in [0, 0.1) is 12.3 Å². The second-order valence-corrected chi connectivity index (χ2v) is 5.19. The van der Waals surface area contributed by atoms with Crippen LogP contribution in [0.3, 0.4) is 0 Å². The summed E-state index contributed by atoms with van der Waals surface area (Å²) in [4.78, 5) is 11.3. The zero-order valence-electron chi connectivity index (χ0n) is 9.55. The predicted molar refractivity (Wildman–Crippen MR) is 61.8 cm³/mol. The lowest BCUT2D eigenvalue weighted by atomic mass is 9.82. The highest BCUT2D eigenvalue weighted by Gasteiger charge is 2.33. The van der Waals surface area contributed by atoms with Crippen LogP contribution in [0.5, 0.6) is 0 Å². The molecule has 1 fully saturated rings. The molecule has 0 aromatic heterocycles. The number of carbonyl (C=O) groups excluding carboxylic acids is 1. The van der Waals surface area contributed by atoms with Crippen LogP contribution < -0.4 is 0 Å². The lowest BCUT2D eigenvalue weighted by Gasteiger charge is -2.22. The molecule has 80 valence electrons. The van der Waals surface area contributed by atoms with Crippen molar-refractivity contribution in [2.24, 2.45) is 5.41 Å². The topological polar surface area (TPSA) is 17.1 Å². The summed E-state index contributed by atoms with van der Waals surface area (Å²) in [6.45, 7) is 4.35. The molecule has 1 heteroatoms. The van der Waals surface area contributed by atoms with Crippen LogP contribution >= 0.6 is 0 Å². The molecule has 0 heterocycles. The molecule has 15 heavy (non-hydrogen) atoms. The second kappa shape index (κ2) is 3.80. The number of benzene rings is 1. The van der Waals surface area contributed by atoms with Gasteiger partial charge in [-0.15, -0.1) is 0 Å². The minimum atomic E-state index is 0.213. The number of hydrogen-bond donors (Lipinski definition) is 0. The fraction of sp³-hybridized carbons (Fsp3) is 0.500. The molecule has 0 N–H and O–H groups in total. The van der Waals surface area contributed by atoms with Gasteiger partial charge in [0.1, 0.15) is 5.78 Å². The molecule has 1 nitrogen and oxygen atoms in total. The van der Waals surface area contributed by atoms with Crippen molar-refractivity contribution in [3.63, 3.8) is 0 Å². The van der Waals surface area contributed by atoms with Gasteiger partial charge in [0.2, 0.25) is 0 Å². The van der Waals surface area contributed by atoms with Crippen molar-refractivity contribution in [1.29, 1.82) is 0 Å². The van der Waals surface area contributed by atoms with E-state index in [9.17, 15) is 4.79 Å². The van der Waals surface area contributed by atoms with E-state index in [1.807, 2.05) is 0 Å². The van der Waals surface area contributed by atoms with Crippen LogP contribution in [0.2, 0.25) is 0 Å². The van der Waals surface area contributed by atoms with Gasteiger partial charge < -0.3 is 0 Å². The maximum Gasteiger partial charge on any atom is 0.133 e. The highest BCUT2D eigenvalue weighted by atomic mass is 16.1. The van der Waals surface area contributed by atoms with Gasteiger partial charge in [-0.1, -0.05) is 36.8 Å². The molecule has 1 aliphatic carbocycles. The van der Waals surface area contributed by atoms with Gasteiger partial charge in [-0.05, 0) is 30.7 Å². The summed E-state index contributed by atoms with van der Waals surface area (Å²) in [6, 6.07) is 8.62. The van der Waals surface area contributed by atoms with Gasteiger partial charge in [0.05, 0.1) is 0 Å². The molecule has 0 saturated heterocycles. The third-order valence-electron chi connectivity index (χ3n) is 3.34. The van der Waals surface area contributed by atoms with Gasteiger partial charge in [-0.2, -0.15) is 0 Å². The normalized spacial score (nSPS) is 25.9. The molecule has 1 aliphatic rings. The van der Waals surface area contributed by atoms with Crippen molar-refractivity contribution < 1.29 is 4.79 Å². The Balaban J connectivity index is 2.11. The molecule has 1 atom stereocenters. The van der Waals surface area contributed by atoms with Crippen molar-refractivity contribution in [2.45, 2.75) is 39.5 Å². The fourth-order valence-corrected chi connectivity index (χ4v) is 2.56. The van der Waals surface area contributed by atoms with E-state index in [1.54, 1.807) is 0 Å². The zero-order valence-corrected chi connectivity index (χ0v) is 9.55. The average molecular weight is 202 g/mol. The van der Waals surface area contributed by atoms with E-state index in [1.165, 1.54) is 11.1 Å². The van der Waals surface area contributed by atoms with E-state index in [0.29, 0.717) is 5.78 Å². The minimum absolute atomic E-state index is 0.213. The summed E-state index contributed by atoms with van der Waals surface area (Å²) < 4.78 is 0. The number of carbonyl (C=O) groups is 1. The van der Waals surface area contributed by atoms with Gasteiger partial charge in [-0.3, -0.25) is 4.79 Å². The SMILES string of the molecule is Cc1cccc(CC2(C)CCC(=O)C2)c1. The summed E-state index contributed by atoms with van der Waals surface area (Å²) >= 11 is 0. The number of Topliss-reactive ketones (excluding diaryl/α,β-unsaturated/α-hetero) is 1. The molecule has 2 rings (SSSR count). The van der Waals surface area contributed by atoms with Crippen molar-refractivity contribution >= 4 is 5.78 Å². The second-order valence-electron chi connectivity index (χ2n) is 5.19. The Morgan fingerprint density at radius 1 is 1.40 bits per heavy atom. The molecule has 1 unspecified atom stereocenters. The molecular weight excluding hydrogens is 184 g/mol. The molecule has 0 bridgehead atoms. The van der Waals surface area contributed by atoms with Crippen molar-refractivity contribution in [2.75, 3.05) is 0 Å². The third-order valence-corrected chi connectivity index (χ3v) is 3.34. The highest BCUT2D eigenvalue weighted by molar-refractivity contribution is 5.81. The quantitative estimate of drug-likeness (QED) is 0.719. The summed E-state index contributed by atoms with van der Waals surface area (Å²) in [5, 5.41) is 0.